The molecular formula is C16H18N4OS2. The first-order valence-electron chi connectivity index (χ1n) is 7.93. The van der Waals surface area contributed by atoms with E-state index in [0.717, 1.165) is 38.3 Å². The Labute approximate surface area is 142 Å². The molecule has 0 radical (unpaired) electrons. The number of anilines is 1. The molecule has 1 saturated carbocycles. The van der Waals surface area contributed by atoms with Gasteiger partial charge >= 0.3 is 6.03 Å². The summed E-state index contributed by atoms with van der Waals surface area (Å²) in [5.41, 5.74) is 1.92. The lowest BCUT2D eigenvalue weighted by Gasteiger charge is -2.22. The average molecular weight is 346 g/mol. The second kappa shape index (κ2) is 6.05. The van der Waals surface area contributed by atoms with E-state index in [9.17, 15) is 4.79 Å². The van der Waals surface area contributed by atoms with E-state index in [-0.39, 0.29) is 6.03 Å². The van der Waals surface area contributed by atoms with Crippen LogP contribution in [-0.4, -0.2) is 22.0 Å². The summed E-state index contributed by atoms with van der Waals surface area (Å²) in [4.78, 5) is 21.2. The summed E-state index contributed by atoms with van der Waals surface area (Å²) >= 11 is 3.19. The first-order valence-corrected chi connectivity index (χ1v) is 9.56. The molecule has 1 aliphatic rings. The van der Waals surface area contributed by atoms with Crippen molar-refractivity contribution < 1.29 is 4.79 Å². The fraction of sp³-hybridized carbons (Fsp3) is 0.438. The Morgan fingerprint density at radius 2 is 1.78 bits per heavy atom. The molecule has 0 atom stereocenters. The van der Waals surface area contributed by atoms with Crippen LogP contribution >= 0.6 is 22.7 Å². The highest BCUT2D eigenvalue weighted by molar-refractivity contribution is 7.28. The van der Waals surface area contributed by atoms with Crippen LogP contribution in [0.3, 0.4) is 0 Å². The van der Waals surface area contributed by atoms with E-state index in [0.29, 0.717) is 11.2 Å². The first kappa shape index (κ1) is 14.8. The van der Waals surface area contributed by atoms with Gasteiger partial charge in [-0.25, -0.2) is 14.8 Å². The molecule has 2 aromatic heterocycles. The summed E-state index contributed by atoms with van der Waals surface area (Å²) in [6.45, 7) is 2.01. The molecule has 23 heavy (non-hydrogen) atoms. The number of aryl methyl sites for hydroxylation is 1. The summed E-state index contributed by atoms with van der Waals surface area (Å²) in [5, 5.41) is 7.64. The Balaban J connectivity index is 1.54. The number of nitrogens with zero attached hydrogens (tertiary/aromatic N) is 2. The summed E-state index contributed by atoms with van der Waals surface area (Å²) in [6.07, 6.45) is 5.84. The van der Waals surface area contributed by atoms with Crippen molar-refractivity contribution in [2.24, 2.45) is 0 Å². The highest BCUT2D eigenvalue weighted by Crippen LogP contribution is 2.35. The molecule has 0 saturated heterocycles. The molecule has 120 valence electrons. The van der Waals surface area contributed by atoms with Gasteiger partial charge in [0, 0.05) is 6.04 Å². The predicted molar refractivity (Wildman–Crippen MR) is 96.6 cm³/mol. The SMILES string of the molecule is Cc1nc2ccc3nc(NC(=O)NC4CCCCC4)sc3c2s1. The minimum absolute atomic E-state index is 0.146. The van der Waals surface area contributed by atoms with Gasteiger partial charge in [0.25, 0.3) is 0 Å². The van der Waals surface area contributed by atoms with Crippen LogP contribution in [0.15, 0.2) is 12.1 Å². The molecule has 4 rings (SSSR count). The van der Waals surface area contributed by atoms with Gasteiger partial charge in [-0.15, -0.1) is 11.3 Å². The Kier molecular flexibility index (Phi) is 3.90. The molecule has 2 heterocycles. The van der Waals surface area contributed by atoms with Gasteiger partial charge in [-0.2, -0.15) is 0 Å². The summed E-state index contributed by atoms with van der Waals surface area (Å²) < 4.78 is 2.25. The van der Waals surface area contributed by atoms with Gasteiger partial charge in [-0.3, -0.25) is 5.32 Å². The van der Waals surface area contributed by atoms with Gasteiger partial charge in [-0.1, -0.05) is 30.6 Å². The smallest absolute Gasteiger partial charge is 0.321 e. The number of urea groups is 1. The normalized spacial score (nSPS) is 16.0. The number of aromatic nitrogens is 2. The standard InChI is InChI=1S/C16H18N4OS2/c1-9-17-11-7-8-12-14(13(11)22-9)23-16(19-12)20-15(21)18-10-5-3-2-4-6-10/h7-8,10H,2-6H2,1H3,(H2,18,19,20,21). The Hall–Kier alpha value is -1.73. The van der Waals surface area contributed by atoms with Crippen molar-refractivity contribution in [1.29, 1.82) is 0 Å². The number of nitrogens with one attached hydrogen (secondary N) is 2. The van der Waals surface area contributed by atoms with E-state index in [1.165, 1.54) is 30.6 Å². The van der Waals surface area contributed by atoms with Gasteiger partial charge in [0.15, 0.2) is 5.13 Å². The number of benzene rings is 1. The van der Waals surface area contributed by atoms with Crippen molar-refractivity contribution in [2.75, 3.05) is 5.32 Å². The van der Waals surface area contributed by atoms with Gasteiger partial charge in [-0.05, 0) is 31.9 Å². The third-order valence-corrected chi connectivity index (χ3v) is 6.32. The van der Waals surface area contributed by atoms with Crippen LogP contribution in [-0.2, 0) is 0 Å². The monoisotopic (exact) mass is 346 g/mol. The number of thiazole rings is 2. The fourth-order valence-electron chi connectivity index (χ4n) is 3.10. The van der Waals surface area contributed by atoms with Crippen molar-refractivity contribution >= 4 is 54.3 Å². The van der Waals surface area contributed by atoms with E-state index < -0.39 is 0 Å². The zero-order valence-corrected chi connectivity index (χ0v) is 14.5. The minimum atomic E-state index is -0.146. The predicted octanol–water partition coefficient (Wildman–Crippen LogP) is 4.67. The number of carbonyl (C=O) groups is 1. The van der Waals surface area contributed by atoms with Crippen LogP contribution in [0.1, 0.15) is 37.1 Å². The van der Waals surface area contributed by atoms with Crippen molar-refractivity contribution in [3.05, 3.63) is 17.1 Å². The second-order valence-electron chi connectivity index (χ2n) is 5.95. The maximum atomic E-state index is 12.2. The van der Waals surface area contributed by atoms with Crippen molar-refractivity contribution in [3.8, 4) is 0 Å². The molecule has 2 N–H and O–H groups in total. The van der Waals surface area contributed by atoms with E-state index in [1.807, 2.05) is 19.1 Å². The molecule has 1 aromatic carbocycles. The third-order valence-electron chi connectivity index (χ3n) is 4.18. The maximum absolute atomic E-state index is 12.2. The molecule has 1 aliphatic carbocycles. The van der Waals surface area contributed by atoms with Gasteiger partial charge in [0.1, 0.15) is 0 Å². The number of hydrogen-bond acceptors (Lipinski definition) is 5. The first-order chi connectivity index (χ1) is 11.2. The van der Waals surface area contributed by atoms with Crippen LogP contribution in [0.2, 0.25) is 0 Å². The lowest BCUT2D eigenvalue weighted by molar-refractivity contribution is 0.244. The number of amides is 2. The second-order valence-corrected chi connectivity index (χ2v) is 8.15. The highest BCUT2D eigenvalue weighted by Gasteiger charge is 2.17. The van der Waals surface area contributed by atoms with E-state index in [4.69, 9.17) is 0 Å². The Bertz CT molecular complexity index is 864. The summed E-state index contributed by atoms with van der Waals surface area (Å²) in [5.74, 6) is 0. The number of hydrogen-bond donors (Lipinski definition) is 2. The quantitative estimate of drug-likeness (QED) is 0.708. The molecular weight excluding hydrogens is 328 g/mol. The van der Waals surface area contributed by atoms with Crippen LogP contribution in [0.4, 0.5) is 9.93 Å². The van der Waals surface area contributed by atoms with E-state index >= 15 is 0 Å². The maximum Gasteiger partial charge on any atom is 0.321 e. The molecule has 0 bridgehead atoms. The summed E-state index contributed by atoms with van der Waals surface area (Å²) in [7, 11) is 0. The lowest BCUT2D eigenvalue weighted by Crippen LogP contribution is -2.38. The zero-order chi connectivity index (χ0) is 15.8. The molecule has 3 aromatic rings. The summed E-state index contributed by atoms with van der Waals surface area (Å²) in [6, 6.07) is 4.12. The van der Waals surface area contributed by atoms with E-state index in [1.54, 1.807) is 11.3 Å². The van der Waals surface area contributed by atoms with Crippen molar-refractivity contribution in [1.82, 2.24) is 15.3 Å². The minimum Gasteiger partial charge on any atom is -0.335 e. The van der Waals surface area contributed by atoms with Crippen molar-refractivity contribution in [2.45, 2.75) is 45.1 Å². The molecule has 1 fully saturated rings. The van der Waals surface area contributed by atoms with Crippen LogP contribution in [0.5, 0.6) is 0 Å². The van der Waals surface area contributed by atoms with Crippen LogP contribution < -0.4 is 10.6 Å². The number of carbonyl (C=O) groups excluding carboxylic acids is 1. The van der Waals surface area contributed by atoms with Crippen LogP contribution in [0.25, 0.3) is 20.4 Å². The molecule has 0 aliphatic heterocycles. The average Bonchev–Trinajstić information content (AvgIpc) is 3.09. The topological polar surface area (TPSA) is 66.9 Å². The van der Waals surface area contributed by atoms with Gasteiger partial charge in [0.2, 0.25) is 0 Å². The lowest BCUT2D eigenvalue weighted by atomic mass is 9.96. The number of rotatable bonds is 2. The van der Waals surface area contributed by atoms with Crippen molar-refractivity contribution in [3.63, 3.8) is 0 Å². The van der Waals surface area contributed by atoms with E-state index in [2.05, 4.69) is 20.6 Å². The van der Waals surface area contributed by atoms with Gasteiger partial charge < -0.3 is 5.32 Å². The Morgan fingerprint density at radius 3 is 2.57 bits per heavy atom. The Morgan fingerprint density at radius 1 is 1.09 bits per heavy atom. The molecule has 2 amide bonds. The fourth-order valence-corrected chi connectivity index (χ4v) is 5.10. The molecule has 0 unspecified atom stereocenters. The zero-order valence-electron chi connectivity index (χ0n) is 12.9. The highest BCUT2D eigenvalue weighted by atomic mass is 32.1. The number of fused-ring (bicyclic) bond motifs is 3. The largest absolute Gasteiger partial charge is 0.335 e. The molecule has 5 nitrogen and oxygen atoms in total. The van der Waals surface area contributed by atoms with Crippen LogP contribution in [0, 0.1) is 6.92 Å². The molecule has 0 spiro atoms. The molecule has 7 heteroatoms. The van der Waals surface area contributed by atoms with Gasteiger partial charge in [0.05, 0.1) is 25.4 Å². The third kappa shape index (κ3) is 3.03.